The highest BCUT2D eigenvalue weighted by Gasteiger charge is 2.19. The lowest BCUT2D eigenvalue weighted by molar-refractivity contribution is 0.0600. The van der Waals surface area contributed by atoms with Gasteiger partial charge in [0.2, 0.25) is 0 Å². The van der Waals surface area contributed by atoms with Crippen molar-refractivity contribution in [3.05, 3.63) is 77.6 Å². The lowest BCUT2D eigenvalue weighted by Gasteiger charge is -2.07. The molecule has 25 heavy (non-hydrogen) atoms. The molecule has 3 aromatic rings. The summed E-state index contributed by atoms with van der Waals surface area (Å²) in [6, 6.07) is 12.1. The lowest BCUT2D eigenvalue weighted by atomic mass is 10.2. The number of aliphatic imine (C=N–C) groups is 1. The van der Waals surface area contributed by atoms with Crippen LogP contribution in [0.1, 0.15) is 16.1 Å². The number of esters is 1. The van der Waals surface area contributed by atoms with Gasteiger partial charge >= 0.3 is 5.97 Å². The molecule has 0 aliphatic rings. The lowest BCUT2D eigenvalue weighted by Crippen LogP contribution is -2.09. The zero-order chi connectivity index (χ0) is 17.8. The molecule has 7 heteroatoms. The van der Waals surface area contributed by atoms with E-state index in [-0.39, 0.29) is 16.9 Å². The van der Waals surface area contributed by atoms with Crippen molar-refractivity contribution in [2.24, 2.45) is 4.99 Å². The summed E-state index contributed by atoms with van der Waals surface area (Å²) in [6.07, 6.45) is 2.64. The minimum absolute atomic E-state index is 0.00827. The summed E-state index contributed by atoms with van der Waals surface area (Å²) in [4.78, 5) is 16.2. The van der Waals surface area contributed by atoms with Crippen molar-refractivity contribution < 1.29 is 18.3 Å². The van der Waals surface area contributed by atoms with E-state index >= 15 is 0 Å². The van der Waals surface area contributed by atoms with Gasteiger partial charge in [0.25, 0.3) is 0 Å². The molecule has 2 aromatic carbocycles. The fourth-order valence-corrected chi connectivity index (χ4v) is 2.24. The molecule has 0 amide bonds. The molecule has 0 N–H and O–H groups in total. The number of hydrogen-bond acceptors (Lipinski definition) is 4. The van der Waals surface area contributed by atoms with Crippen LogP contribution in [0.4, 0.5) is 14.5 Å². The molecule has 0 aliphatic carbocycles. The maximum Gasteiger partial charge on any atom is 0.341 e. The Morgan fingerprint density at radius 1 is 1.20 bits per heavy atom. The fraction of sp³-hybridized carbons (Fsp3) is 0.0556. The molecular weight excluding hydrogens is 328 g/mol. The highest BCUT2D eigenvalue weighted by Crippen LogP contribution is 2.19. The molecule has 0 bridgehead atoms. The SMILES string of the molecule is COC(=O)c1cnn(-c2ccc(F)cc2F)c1C=Nc1ccccc1. The third kappa shape index (κ3) is 3.45. The maximum atomic E-state index is 14.1. The van der Waals surface area contributed by atoms with Crippen molar-refractivity contribution in [3.8, 4) is 5.69 Å². The van der Waals surface area contributed by atoms with E-state index in [0.717, 1.165) is 12.1 Å². The fourth-order valence-electron chi connectivity index (χ4n) is 2.24. The number of carbonyl (C=O) groups is 1. The van der Waals surface area contributed by atoms with Gasteiger partial charge in [-0.15, -0.1) is 0 Å². The van der Waals surface area contributed by atoms with E-state index in [2.05, 4.69) is 10.1 Å². The van der Waals surface area contributed by atoms with Gasteiger partial charge in [-0.1, -0.05) is 18.2 Å². The Hall–Kier alpha value is -3.35. The summed E-state index contributed by atoms with van der Waals surface area (Å²) in [5.41, 5.74) is 0.976. The second-order valence-electron chi connectivity index (χ2n) is 5.04. The predicted molar refractivity (Wildman–Crippen MR) is 88.5 cm³/mol. The van der Waals surface area contributed by atoms with Crippen molar-refractivity contribution in [1.29, 1.82) is 0 Å². The van der Waals surface area contributed by atoms with Crippen LogP contribution in [0.15, 0.2) is 59.7 Å². The maximum absolute atomic E-state index is 14.1. The Kier molecular flexibility index (Phi) is 4.65. The van der Waals surface area contributed by atoms with Gasteiger partial charge in [0, 0.05) is 6.07 Å². The average molecular weight is 341 g/mol. The molecule has 0 saturated heterocycles. The van der Waals surface area contributed by atoms with Gasteiger partial charge in [0.05, 0.1) is 30.9 Å². The number of halogens is 2. The highest BCUT2D eigenvalue weighted by atomic mass is 19.1. The standard InChI is InChI=1S/C18H13F2N3O2/c1-25-18(24)14-10-22-23(16-8-7-12(19)9-15(16)20)17(14)11-21-13-5-3-2-4-6-13/h2-11H,1H3. The van der Waals surface area contributed by atoms with Crippen LogP contribution in [-0.2, 0) is 4.74 Å². The van der Waals surface area contributed by atoms with E-state index < -0.39 is 17.6 Å². The van der Waals surface area contributed by atoms with Gasteiger partial charge in [-0.25, -0.2) is 18.3 Å². The first-order chi connectivity index (χ1) is 12.1. The van der Waals surface area contributed by atoms with E-state index in [0.29, 0.717) is 5.69 Å². The summed E-state index contributed by atoms with van der Waals surface area (Å²) in [5.74, 6) is -2.15. The third-order valence-corrected chi connectivity index (χ3v) is 3.44. The van der Waals surface area contributed by atoms with Gasteiger partial charge in [0.1, 0.15) is 17.1 Å². The number of ether oxygens (including phenoxy) is 1. The number of carbonyl (C=O) groups excluding carboxylic acids is 1. The molecule has 0 spiro atoms. The number of benzene rings is 2. The van der Waals surface area contributed by atoms with E-state index in [1.165, 1.54) is 30.3 Å². The largest absolute Gasteiger partial charge is 0.465 e. The number of aromatic nitrogens is 2. The topological polar surface area (TPSA) is 56.5 Å². The molecule has 0 unspecified atom stereocenters. The molecule has 0 saturated carbocycles. The van der Waals surface area contributed by atoms with Gasteiger partial charge < -0.3 is 4.74 Å². The molecule has 126 valence electrons. The molecule has 0 radical (unpaired) electrons. The van der Waals surface area contributed by atoms with Crippen LogP contribution in [0.25, 0.3) is 5.69 Å². The Morgan fingerprint density at radius 3 is 2.64 bits per heavy atom. The smallest absolute Gasteiger partial charge is 0.341 e. The summed E-state index contributed by atoms with van der Waals surface area (Å²) in [7, 11) is 1.23. The zero-order valence-electron chi connectivity index (χ0n) is 13.2. The van der Waals surface area contributed by atoms with E-state index in [4.69, 9.17) is 4.74 Å². The van der Waals surface area contributed by atoms with Crippen LogP contribution in [0.5, 0.6) is 0 Å². The highest BCUT2D eigenvalue weighted by molar-refractivity contribution is 5.99. The molecule has 3 rings (SSSR count). The summed E-state index contributed by atoms with van der Waals surface area (Å²) < 4.78 is 33.2. The van der Waals surface area contributed by atoms with Gasteiger partial charge in [-0.05, 0) is 24.3 Å². The zero-order valence-corrected chi connectivity index (χ0v) is 13.2. The van der Waals surface area contributed by atoms with Crippen molar-refractivity contribution in [2.75, 3.05) is 7.11 Å². The molecule has 1 heterocycles. The normalized spacial score (nSPS) is 11.0. The van der Waals surface area contributed by atoms with Crippen molar-refractivity contribution in [2.45, 2.75) is 0 Å². The predicted octanol–water partition coefficient (Wildman–Crippen LogP) is 3.69. The van der Waals surface area contributed by atoms with E-state index in [1.54, 1.807) is 12.1 Å². The summed E-state index contributed by atoms with van der Waals surface area (Å²) >= 11 is 0. The molecule has 1 aromatic heterocycles. The molecular formula is C18H13F2N3O2. The Morgan fingerprint density at radius 2 is 1.96 bits per heavy atom. The Labute approximate surface area is 142 Å². The Bertz CT molecular complexity index is 937. The van der Waals surface area contributed by atoms with Crippen molar-refractivity contribution in [1.82, 2.24) is 9.78 Å². The third-order valence-electron chi connectivity index (χ3n) is 3.44. The Balaban J connectivity index is 2.11. The number of rotatable bonds is 4. The first-order valence-corrected chi connectivity index (χ1v) is 7.31. The minimum atomic E-state index is -0.811. The van der Waals surface area contributed by atoms with Crippen LogP contribution in [0.3, 0.4) is 0 Å². The number of nitrogens with zero attached hydrogens (tertiary/aromatic N) is 3. The first-order valence-electron chi connectivity index (χ1n) is 7.31. The van der Waals surface area contributed by atoms with Gasteiger partial charge in [-0.3, -0.25) is 4.99 Å². The van der Waals surface area contributed by atoms with Crippen LogP contribution in [0.2, 0.25) is 0 Å². The molecule has 0 atom stereocenters. The van der Waals surface area contributed by atoms with Gasteiger partial charge in [0.15, 0.2) is 5.82 Å². The first kappa shape index (κ1) is 16.5. The van der Waals surface area contributed by atoms with Crippen LogP contribution < -0.4 is 0 Å². The van der Waals surface area contributed by atoms with Crippen LogP contribution >= 0.6 is 0 Å². The second kappa shape index (κ2) is 7.04. The van der Waals surface area contributed by atoms with Gasteiger partial charge in [-0.2, -0.15) is 5.10 Å². The number of methoxy groups -OCH3 is 1. The van der Waals surface area contributed by atoms with Crippen molar-refractivity contribution >= 4 is 17.9 Å². The molecule has 0 fully saturated rings. The quantitative estimate of drug-likeness (QED) is 0.537. The summed E-state index contributed by atoms with van der Waals surface area (Å²) in [5, 5.41) is 4.02. The molecule has 0 aliphatic heterocycles. The van der Waals surface area contributed by atoms with E-state index in [9.17, 15) is 13.6 Å². The average Bonchev–Trinajstić information content (AvgIpc) is 3.04. The van der Waals surface area contributed by atoms with Crippen LogP contribution in [-0.4, -0.2) is 29.1 Å². The minimum Gasteiger partial charge on any atom is -0.465 e. The summed E-state index contributed by atoms with van der Waals surface area (Å²) in [6.45, 7) is 0. The number of hydrogen-bond donors (Lipinski definition) is 0. The van der Waals surface area contributed by atoms with E-state index in [1.807, 2.05) is 18.2 Å². The monoisotopic (exact) mass is 341 g/mol. The van der Waals surface area contributed by atoms with Crippen LogP contribution in [0, 0.1) is 11.6 Å². The second-order valence-corrected chi connectivity index (χ2v) is 5.04. The molecule has 5 nitrogen and oxygen atoms in total. The number of para-hydroxylation sites is 1. The van der Waals surface area contributed by atoms with Crippen molar-refractivity contribution in [3.63, 3.8) is 0 Å².